The van der Waals surface area contributed by atoms with Gasteiger partial charge in [-0.05, 0) is 18.2 Å². The first-order valence-electron chi connectivity index (χ1n) is 5.09. The van der Waals surface area contributed by atoms with Gasteiger partial charge in [-0.3, -0.25) is 0 Å². The Morgan fingerprint density at radius 3 is 2.82 bits per heavy atom. The predicted molar refractivity (Wildman–Crippen MR) is 62.8 cm³/mol. The molecule has 0 saturated carbocycles. The van der Waals surface area contributed by atoms with Gasteiger partial charge in [0.25, 0.3) is 0 Å². The maximum atomic E-state index is 13.3. The lowest BCUT2D eigenvalue weighted by molar-refractivity contribution is 0.290. The molecule has 0 aliphatic heterocycles. The molecule has 0 spiro atoms. The molecule has 5 heteroatoms. The number of hydrogen-bond acceptors (Lipinski definition) is 4. The van der Waals surface area contributed by atoms with E-state index in [1.807, 2.05) is 6.07 Å². The average Bonchev–Trinajstić information content (AvgIpc) is 2.38. The smallest absolute Gasteiger partial charge is 0.165 e. The summed E-state index contributed by atoms with van der Waals surface area (Å²) in [6.45, 7) is 0.203. The third-order valence-electron chi connectivity index (χ3n) is 2.25. The summed E-state index contributed by atoms with van der Waals surface area (Å²) in [6.07, 6.45) is 1.61. The number of nitrogen functional groups attached to an aromatic ring is 1. The first kappa shape index (κ1) is 11.3. The molecule has 0 bridgehead atoms. The molecular weight excluding hydrogens is 221 g/mol. The molecule has 0 atom stereocenters. The van der Waals surface area contributed by atoms with Crippen LogP contribution in [0.25, 0.3) is 0 Å². The van der Waals surface area contributed by atoms with Crippen LogP contribution in [0.4, 0.5) is 10.2 Å². The number of benzene rings is 1. The standard InChI is InChI=1S/C12H12FN3O/c13-10-5-1-2-6-11(10)17-8-9-4-3-7-15-12(9)16-14/h1-7H,8,14H2,(H,15,16). The van der Waals surface area contributed by atoms with Gasteiger partial charge in [-0.2, -0.15) is 0 Å². The third kappa shape index (κ3) is 2.70. The molecule has 88 valence electrons. The number of nitrogens with two attached hydrogens (primary N) is 1. The van der Waals surface area contributed by atoms with Gasteiger partial charge in [-0.25, -0.2) is 15.2 Å². The van der Waals surface area contributed by atoms with Crippen molar-refractivity contribution in [1.29, 1.82) is 0 Å². The fourth-order valence-corrected chi connectivity index (χ4v) is 1.40. The molecule has 0 saturated heterocycles. The Labute approximate surface area is 98.2 Å². The normalized spacial score (nSPS) is 10.0. The minimum absolute atomic E-state index is 0.203. The van der Waals surface area contributed by atoms with Gasteiger partial charge in [0, 0.05) is 11.8 Å². The number of nitrogens with one attached hydrogen (secondary N) is 1. The molecule has 1 aromatic heterocycles. The molecule has 0 fully saturated rings. The Hall–Kier alpha value is -2.14. The van der Waals surface area contributed by atoms with Crippen molar-refractivity contribution >= 4 is 5.82 Å². The lowest BCUT2D eigenvalue weighted by Crippen LogP contribution is -2.12. The summed E-state index contributed by atoms with van der Waals surface area (Å²) in [5.74, 6) is 5.64. The highest BCUT2D eigenvalue weighted by molar-refractivity contribution is 5.42. The van der Waals surface area contributed by atoms with Crippen LogP contribution < -0.4 is 16.0 Å². The van der Waals surface area contributed by atoms with E-state index < -0.39 is 5.82 Å². The highest BCUT2D eigenvalue weighted by Gasteiger charge is 2.05. The Morgan fingerprint density at radius 1 is 1.24 bits per heavy atom. The molecule has 2 rings (SSSR count). The number of ether oxygens (including phenoxy) is 1. The Balaban J connectivity index is 2.10. The lowest BCUT2D eigenvalue weighted by atomic mass is 10.2. The van der Waals surface area contributed by atoms with E-state index >= 15 is 0 Å². The first-order chi connectivity index (χ1) is 8.31. The minimum Gasteiger partial charge on any atom is -0.486 e. The molecule has 4 nitrogen and oxygen atoms in total. The van der Waals surface area contributed by atoms with E-state index in [0.29, 0.717) is 5.82 Å². The third-order valence-corrected chi connectivity index (χ3v) is 2.25. The highest BCUT2D eigenvalue weighted by atomic mass is 19.1. The van der Waals surface area contributed by atoms with Crippen LogP contribution >= 0.6 is 0 Å². The van der Waals surface area contributed by atoms with E-state index in [2.05, 4.69) is 10.4 Å². The summed E-state index contributed by atoms with van der Waals surface area (Å²) in [6, 6.07) is 9.81. The van der Waals surface area contributed by atoms with E-state index in [1.165, 1.54) is 6.07 Å². The van der Waals surface area contributed by atoms with Gasteiger partial charge in [-0.15, -0.1) is 0 Å². The largest absolute Gasteiger partial charge is 0.486 e. The molecule has 0 aliphatic rings. The van der Waals surface area contributed by atoms with E-state index in [9.17, 15) is 4.39 Å². The van der Waals surface area contributed by atoms with E-state index in [-0.39, 0.29) is 12.4 Å². The second kappa shape index (κ2) is 5.27. The Morgan fingerprint density at radius 2 is 2.06 bits per heavy atom. The van der Waals surface area contributed by atoms with Crippen LogP contribution in [0.1, 0.15) is 5.56 Å². The molecule has 17 heavy (non-hydrogen) atoms. The molecule has 0 radical (unpaired) electrons. The van der Waals surface area contributed by atoms with Gasteiger partial charge < -0.3 is 10.2 Å². The van der Waals surface area contributed by atoms with Crippen LogP contribution in [0.3, 0.4) is 0 Å². The zero-order chi connectivity index (χ0) is 12.1. The Kier molecular flexibility index (Phi) is 3.52. The maximum Gasteiger partial charge on any atom is 0.165 e. The van der Waals surface area contributed by atoms with Crippen molar-refractivity contribution in [2.75, 3.05) is 5.43 Å². The monoisotopic (exact) mass is 233 g/mol. The summed E-state index contributed by atoms with van der Waals surface area (Å²) in [5.41, 5.74) is 3.22. The molecular formula is C12H12FN3O. The van der Waals surface area contributed by atoms with Gasteiger partial charge in [-0.1, -0.05) is 18.2 Å². The fourth-order valence-electron chi connectivity index (χ4n) is 1.40. The molecule has 0 amide bonds. The summed E-state index contributed by atoms with van der Waals surface area (Å²) >= 11 is 0. The number of rotatable bonds is 4. The zero-order valence-corrected chi connectivity index (χ0v) is 9.06. The van der Waals surface area contributed by atoms with Gasteiger partial charge in [0.15, 0.2) is 11.6 Å². The summed E-state index contributed by atoms with van der Waals surface area (Å²) in [5, 5.41) is 0. The summed E-state index contributed by atoms with van der Waals surface area (Å²) < 4.78 is 18.6. The SMILES string of the molecule is NNc1ncccc1COc1ccccc1F. The number of halogens is 1. The second-order valence-corrected chi connectivity index (χ2v) is 3.37. The summed E-state index contributed by atoms with van der Waals surface area (Å²) in [4.78, 5) is 4.02. The van der Waals surface area contributed by atoms with E-state index in [1.54, 1.807) is 30.5 Å². The van der Waals surface area contributed by atoms with Crippen LogP contribution in [0.5, 0.6) is 5.75 Å². The van der Waals surface area contributed by atoms with Crippen molar-refractivity contribution < 1.29 is 9.13 Å². The maximum absolute atomic E-state index is 13.3. The van der Waals surface area contributed by atoms with Crippen molar-refractivity contribution in [3.05, 3.63) is 54.0 Å². The van der Waals surface area contributed by atoms with Crippen molar-refractivity contribution in [3.8, 4) is 5.75 Å². The van der Waals surface area contributed by atoms with Crippen molar-refractivity contribution in [3.63, 3.8) is 0 Å². The van der Waals surface area contributed by atoms with Crippen LogP contribution in [-0.4, -0.2) is 4.98 Å². The quantitative estimate of drug-likeness (QED) is 0.627. The summed E-state index contributed by atoms with van der Waals surface area (Å²) in [7, 11) is 0. The molecule has 0 unspecified atom stereocenters. The molecule has 1 aromatic carbocycles. The van der Waals surface area contributed by atoms with Crippen molar-refractivity contribution in [1.82, 2.24) is 4.98 Å². The van der Waals surface area contributed by atoms with Crippen molar-refractivity contribution in [2.45, 2.75) is 6.61 Å². The van der Waals surface area contributed by atoms with Crippen LogP contribution in [0.15, 0.2) is 42.6 Å². The zero-order valence-electron chi connectivity index (χ0n) is 9.06. The second-order valence-electron chi connectivity index (χ2n) is 3.37. The highest BCUT2D eigenvalue weighted by Crippen LogP contribution is 2.18. The lowest BCUT2D eigenvalue weighted by Gasteiger charge is -2.09. The predicted octanol–water partition coefficient (Wildman–Crippen LogP) is 2.09. The number of pyridine rings is 1. The fraction of sp³-hybridized carbons (Fsp3) is 0.0833. The number of aromatic nitrogens is 1. The van der Waals surface area contributed by atoms with Gasteiger partial charge >= 0.3 is 0 Å². The molecule has 0 aliphatic carbocycles. The number of nitrogens with zero attached hydrogens (tertiary/aromatic N) is 1. The Bertz CT molecular complexity index is 505. The first-order valence-corrected chi connectivity index (χ1v) is 5.09. The number of anilines is 1. The van der Waals surface area contributed by atoms with Gasteiger partial charge in [0.1, 0.15) is 12.4 Å². The van der Waals surface area contributed by atoms with Crippen LogP contribution in [-0.2, 0) is 6.61 Å². The van der Waals surface area contributed by atoms with Gasteiger partial charge in [0.05, 0.1) is 0 Å². The van der Waals surface area contributed by atoms with Crippen LogP contribution in [0.2, 0.25) is 0 Å². The van der Waals surface area contributed by atoms with E-state index in [4.69, 9.17) is 10.6 Å². The average molecular weight is 233 g/mol. The van der Waals surface area contributed by atoms with Crippen LogP contribution in [0, 0.1) is 5.82 Å². The molecule has 1 heterocycles. The number of hydrazine groups is 1. The molecule has 2 aromatic rings. The number of hydrogen-bond donors (Lipinski definition) is 2. The van der Waals surface area contributed by atoms with Crippen molar-refractivity contribution in [2.24, 2.45) is 5.84 Å². The van der Waals surface area contributed by atoms with E-state index in [0.717, 1.165) is 5.56 Å². The minimum atomic E-state index is -0.390. The molecule has 3 N–H and O–H groups in total. The number of para-hydroxylation sites is 1. The van der Waals surface area contributed by atoms with Gasteiger partial charge in [0.2, 0.25) is 0 Å². The topological polar surface area (TPSA) is 60.2 Å².